The van der Waals surface area contributed by atoms with Crippen molar-refractivity contribution in [2.24, 2.45) is 11.3 Å². The SMILES string of the molecule is CC(C)(C)CCC(NN)C1(C)CCCS1. The second-order valence-electron chi connectivity index (χ2n) is 6.08. The molecule has 0 saturated carbocycles. The highest BCUT2D eigenvalue weighted by atomic mass is 32.2. The quantitative estimate of drug-likeness (QED) is 0.576. The van der Waals surface area contributed by atoms with Gasteiger partial charge < -0.3 is 0 Å². The molecule has 1 fully saturated rings. The van der Waals surface area contributed by atoms with Crippen molar-refractivity contribution in [3.63, 3.8) is 0 Å². The fourth-order valence-corrected chi connectivity index (χ4v) is 3.65. The van der Waals surface area contributed by atoms with Gasteiger partial charge in [0.05, 0.1) is 0 Å². The summed E-state index contributed by atoms with van der Waals surface area (Å²) in [5.74, 6) is 7.00. The van der Waals surface area contributed by atoms with Gasteiger partial charge in [0.1, 0.15) is 0 Å². The fraction of sp³-hybridized carbons (Fsp3) is 1.00. The van der Waals surface area contributed by atoms with Crippen LogP contribution in [0, 0.1) is 5.41 Å². The van der Waals surface area contributed by atoms with Crippen molar-refractivity contribution in [2.45, 2.75) is 64.2 Å². The number of rotatable bonds is 4. The molecule has 0 aromatic carbocycles. The number of hydrogen-bond donors (Lipinski definition) is 2. The van der Waals surface area contributed by atoms with Gasteiger partial charge in [-0.25, -0.2) is 0 Å². The second kappa shape index (κ2) is 5.07. The highest BCUT2D eigenvalue weighted by Crippen LogP contribution is 2.42. The minimum absolute atomic E-state index is 0.361. The average molecular weight is 230 g/mol. The number of hydrogen-bond acceptors (Lipinski definition) is 3. The van der Waals surface area contributed by atoms with Gasteiger partial charge in [-0.3, -0.25) is 11.3 Å². The Morgan fingerprint density at radius 3 is 2.53 bits per heavy atom. The van der Waals surface area contributed by atoms with E-state index in [0.29, 0.717) is 16.2 Å². The van der Waals surface area contributed by atoms with E-state index >= 15 is 0 Å². The molecule has 3 N–H and O–H groups in total. The van der Waals surface area contributed by atoms with E-state index in [1.165, 1.54) is 31.4 Å². The van der Waals surface area contributed by atoms with Crippen LogP contribution in [0.5, 0.6) is 0 Å². The summed E-state index contributed by atoms with van der Waals surface area (Å²) < 4.78 is 0.361. The second-order valence-corrected chi connectivity index (χ2v) is 7.71. The van der Waals surface area contributed by atoms with Gasteiger partial charge in [0, 0.05) is 10.8 Å². The van der Waals surface area contributed by atoms with Crippen LogP contribution in [0.2, 0.25) is 0 Å². The first-order valence-corrected chi connectivity index (χ1v) is 6.96. The summed E-state index contributed by atoms with van der Waals surface area (Å²) in [7, 11) is 0. The van der Waals surface area contributed by atoms with E-state index in [1.54, 1.807) is 0 Å². The van der Waals surface area contributed by atoms with Crippen LogP contribution in [0.25, 0.3) is 0 Å². The number of thioether (sulfide) groups is 1. The Balaban J connectivity index is 2.48. The Kier molecular flexibility index (Phi) is 4.50. The van der Waals surface area contributed by atoms with Gasteiger partial charge in [-0.1, -0.05) is 20.8 Å². The maximum Gasteiger partial charge on any atom is 0.0355 e. The summed E-state index contributed by atoms with van der Waals surface area (Å²) in [5, 5.41) is 0. The first kappa shape index (κ1) is 13.3. The standard InChI is InChI=1S/C12H26N2S/c1-11(2,3)8-6-10(14-13)12(4)7-5-9-15-12/h10,14H,5-9,13H2,1-4H3. The molecule has 2 nitrogen and oxygen atoms in total. The molecular formula is C12H26N2S. The monoisotopic (exact) mass is 230 g/mol. The van der Waals surface area contributed by atoms with Gasteiger partial charge in [0.2, 0.25) is 0 Å². The predicted octanol–water partition coefficient (Wildman–Crippen LogP) is 2.93. The topological polar surface area (TPSA) is 38.0 Å². The van der Waals surface area contributed by atoms with Crippen molar-refractivity contribution >= 4 is 11.8 Å². The molecular weight excluding hydrogens is 204 g/mol. The summed E-state index contributed by atoms with van der Waals surface area (Å²) in [6, 6.07) is 0.462. The van der Waals surface area contributed by atoms with Crippen LogP contribution >= 0.6 is 11.8 Å². The Hall–Kier alpha value is 0.270. The number of nitrogens with one attached hydrogen (secondary N) is 1. The lowest BCUT2D eigenvalue weighted by molar-refractivity contribution is 0.301. The summed E-state index contributed by atoms with van der Waals surface area (Å²) in [6.45, 7) is 9.25. The molecule has 0 aromatic rings. The lowest BCUT2D eigenvalue weighted by Crippen LogP contribution is -2.48. The molecule has 1 rings (SSSR count). The van der Waals surface area contributed by atoms with Crippen LogP contribution in [0.15, 0.2) is 0 Å². The summed E-state index contributed by atoms with van der Waals surface area (Å²) in [6.07, 6.45) is 5.06. The number of nitrogens with two attached hydrogens (primary N) is 1. The van der Waals surface area contributed by atoms with Crippen molar-refractivity contribution in [1.82, 2.24) is 5.43 Å². The van der Waals surface area contributed by atoms with Crippen LogP contribution in [0.3, 0.4) is 0 Å². The molecule has 2 atom stereocenters. The molecule has 1 aliphatic heterocycles. The highest BCUT2D eigenvalue weighted by molar-refractivity contribution is 8.00. The summed E-state index contributed by atoms with van der Waals surface area (Å²) in [4.78, 5) is 0. The maximum atomic E-state index is 5.70. The molecule has 0 amide bonds. The van der Waals surface area contributed by atoms with E-state index < -0.39 is 0 Å². The summed E-state index contributed by atoms with van der Waals surface area (Å²) in [5.41, 5.74) is 3.45. The smallest absolute Gasteiger partial charge is 0.0355 e. The van der Waals surface area contributed by atoms with Gasteiger partial charge in [-0.2, -0.15) is 11.8 Å². The van der Waals surface area contributed by atoms with Gasteiger partial charge in [0.25, 0.3) is 0 Å². The molecule has 2 unspecified atom stereocenters. The molecule has 0 spiro atoms. The van der Waals surface area contributed by atoms with Crippen LogP contribution < -0.4 is 11.3 Å². The third-order valence-electron chi connectivity index (χ3n) is 3.37. The Morgan fingerprint density at radius 2 is 2.13 bits per heavy atom. The minimum atomic E-state index is 0.361. The van der Waals surface area contributed by atoms with Crippen LogP contribution in [-0.2, 0) is 0 Å². The van der Waals surface area contributed by atoms with Crippen LogP contribution in [0.4, 0.5) is 0 Å². The van der Waals surface area contributed by atoms with E-state index in [2.05, 4.69) is 44.9 Å². The molecule has 3 heteroatoms. The first-order chi connectivity index (χ1) is 6.87. The zero-order chi connectivity index (χ0) is 11.5. The molecule has 90 valence electrons. The van der Waals surface area contributed by atoms with Gasteiger partial charge in [-0.05, 0) is 43.8 Å². The van der Waals surface area contributed by atoms with Crippen molar-refractivity contribution in [3.05, 3.63) is 0 Å². The molecule has 0 bridgehead atoms. The molecule has 1 saturated heterocycles. The largest absolute Gasteiger partial charge is 0.271 e. The zero-order valence-corrected chi connectivity index (χ0v) is 11.4. The first-order valence-electron chi connectivity index (χ1n) is 5.97. The Morgan fingerprint density at radius 1 is 1.47 bits per heavy atom. The van der Waals surface area contributed by atoms with Crippen LogP contribution in [0.1, 0.15) is 53.4 Å². The lowest BCUT2D eigenvalue weighted by atomic mass is 9.84. The molecule has 0 aromatic heterocycles. The molecule has 0 radical (unpaired) electrons. The van der Waals surface area contributed by atoms with E-state index in [-0.39, 0.29) is 0 Å². The Bertz CT molecular complexity index is 192. The van der Waals surface area contributed by atoms with Crippen molar-refractivity contribution in [3.8, 4) is 0 Å². The molecule has 1 heterocycles. The molecule has 0 aliphatic carbocycles. The lowest BCUT2D eigenvalue weighted by Gasteiger charge is -2.34. The van der Waals surface area contributed by atoms with Crippen molar-refractivity contribution in [1.29, 1.82) is 0 Å². The zero-order valence-electron chi connectivity index (χ0n) is 10.6. The third-order valence-corrected chi connectivity index (χ3v) is 5.01. The van der Waals surface area contributed by atoms with E-state index in [9.17, 15) is 0 Å². The fourth-order valence-electron chi connectivity index (χ4n) is 2.22. The third kappa shape index (κ3) is 3.97. The van der Waals surface area contributed by atoms with E-state index in [1.807, 2.05) is 0 Å². The maximum absolute atomic E-state index is 5.70. The number of hydrazine groups is 1. The van der Waals surface area contributed by atoms with Gasteiger partial charge >= 0.3 is 0 Å². The minimum Gasteiger partial charge on any atom is -0.271 e. The summed E-state index contributed by atoms with van der Waals surface area (Å²) >= 11 is 2.09. The van der Waals surface area contributed by atoms with E-state index in [0.717, 1.165) is 0 Å². The predicted molar refractivity (Wildman–Crippen MR) is 69.9 cm³/mol. The Labute approximate surface area is 98.7 Å². The van der Waals surface area contributed by atoms with Crippen LogP contribution in [-0.4, -0.2) is 16.5 Å². The molecule has 15 heavy (non-hydrogen) atoms. The van der Waals surface area contributed by atoms with Crippen molar-refractivity contribution < 1.29 is 0 Å². The van der Waals surface area contributed by atoms with E-state index in [4.69, 9.17) is 5.84 Å². The normalized spacial score (nSPS) is 29.4. The molecule has 1 aliphatic rings. The average Bonchev–Trinajstić information content (AvgIpc) is 2.52. The van der Waals surface area contributed by atoms with Crippen molar-refractivity contribution in [2.75, 3.05) is 5.75 Å². The highest BCUT2D eigenvalue weighted by Gasteiger charge is 2.37. The van der Waals surface area contributed by atoms with Gasteiger partial charge in [0.15, 0.2) is 0 Å². The van der Waals surface area contributed by atoms with Gasteiger partial charge in [-0.15, -0.1) is 0 Å².